The van der Waals surface area contributed by atoms with Gasteiger partial charge in [-0.1, -0.05) is 5.16 Å². The summed E-state index contributed by atoms with van der Waals surface area (Å²) in [4.78, 5) is 59.4. The molecule has 15 heteroatoms. The summed E-state index contributed by atoms with van der Waals surface area (Å²) in [5.41, 5.74) is 6.07. The van der Waals surface area contributed by atoms with Gasteiger partial charge in [-0.3, -0.25) is 14.5 Å². The first-order chi connectivity index (χ1) is 16.7. The van der Waals surface area contributed by atoms with Crippen molar-refractivity contribution in [3.05, 3.63) is 22.3 Å². The third-order valence-corrected chi connectivity index (χ3v) is 8.22. The molecule has 3 aliphatic rings. The number of carbonyl (C=O) groups is 4. The molecule has 188 valence electrons. The Bertz CT molecular complexity index is 1130. The number of nitrogens with zero attached hydrogens (tertiary/aromatic N) is 4. The first kappa shape index (κ1) is 24.9. The van der Waals surface area contributed by atoms with Crippen molar-refractivity contribution in [2.24, 2.45) is 5.16 Å². The summed E-state index contributed by atoms with van der Waals surface area (Å²) in [6, 6.07) is -0.963. The van der Waals surface area contributed by atoms with Crippen molar-refractivity contribution in [3.63, 3.8) is 0 Å². The fraction of sp³-hybridized carbons (Fsp3) is 0.500. The molecule has 2 atom stereocenters. The number of oxime groups is 1. The number of hydrogen-bond acceptors (Lipinski definition) is 10. The summed E-state index contributed by atoms with van der Waals surface area (Å²) in [6.07, 6.45) is 1.73. The number of anilines is 1. The molecular formula is C20H25N6O7S2+. The van der Waals surface area contributed by atoms with E-state index < -0.39 is 35.2 Å². The van der Waals surface area contributed by atoms with E-state index in [1.54, 1.807) is 0 Å². The van der Waals surface area contributed by atoms with Gasteiger partial charge in [0.2, 0.25) is 0 Å². The maximum absolute atomic E-state index is 13.0. The number of amides is 2. The highest BCUT2D eigenvalue weighted by molar-refractivity contribution is 8.00. The third-order valence-electron chi connectivity index (χ3n) is 6.21. The number of aromatic nitrogens is 1. The third kappa shape index (κ3) is 4.83. The van der Waals surface area contributed by atoms with E-state index in [9.17, 15) is 29.4 Å². The molecule has 0 radical (unpaired) electrons. The zero-order chi connectivity index (χ0) is 25.3. The van der Waals surface area contributed by atoms with Crippen molar-refractivity contribution in [2.75, 3.05) is 44.8 Å². The van der Waals surface area contributed by atoms with Gasteiger partial charge < -0.3 is 30.6 Å². The maximum Gasteiger partial charge on any atom is 0.359 e. The molecule has 4 heterocycles. The number of nitrogens with one attached hydrogen (secondary N) is 1. The lowest BCUT2D eigenvalue weighted by atomic mass is 10.0. The molecule has 13 nitrogen and oxygen atoms in total. The molecule has 1 aromatic rings. The Labute approximate surface area is 208 Å². The lowest BCUT2D eigenvalue weighted by Crippen LogP contribution is -2.71. The first-order valence-electron chi connectivity index (χ1n) is 10.8. The summed E-state index contributed by atoms with van der Waals surface area (Å²) in [6.45, 7) is 1.45. The minimum absolute atomic E-state index is 0.0974. The fourth-order valence-corrected chi connectivity index (χ4v) is 6.66. The van der Waals surface area contributed by atoms with Crippen molar-refractivity contribution in [1.82, 2.24) is 15.2 Å². The normalized spacial score (nSPS) is 23.5. The van der Waals surface area contributed by atoms with Crippen LogP contribution in [-0.4, -0.2) is 105 Å². The number of carboxylic acid groups (broad SMARTS) is 2. The zero-order valence-corrected chi connectivity index (χ0v) is 20.4. The lowest BCUT2D eigenvalue weighted by Gasteiger charge is -2.50. The number of carboxylic acids is 2. The smallest absolute Gasteiger partial charge is 0.359 e. The Morgan fingerprint density at radius 2 is 2.06 bits per heavy atom. The van der Waals surface area contributed by atoms with E-state index in [1.807, 2.05) is 0 Å². The minimum Gasteiger partial charge on any atom is -0.477 e. The molecule has 2 fully saturated rings. The van der Waals surface area contributed by atoms with Crippen molar-refractivity contribution >= 4 is 57.7 Å². The molecule has 2 amide bonds. The van der Waals surface area contributed by atoms with Crippen LogP contribution in [0.4, 0.5) is 5.13 Å². The Hall–Kier alpha value is -3.17. The molecule has 1 unspecified atom stereocenters. The van der Waals surface area contributed by atoms with E-state index in [-0.39, 0.29) is 39.8 Å². The van der Waals surface area contributed by atoms with Gasteiger partial charge >= 0.3 is 11.9 Å². The van der Waals surface area contributed by atoms with Crippen LogP contribution in [0, 0.1) is 0 Å². The zero-order valence-electron chi connectivity index (χ0n) is 18.8. The highest BCUT2D eigenvalue weighted by atomic mass is 32.2. The van der Waals surface area contributed by atoms with E-state index in [0.717, 1.165) is 24.2 Å². The summed E-state index contributed by atoms with van der Waals surface area (Å²) >= 11 is 2.44. The highest BCUT2D eigenvalue weighted by Gasteiger charge is 2.55. The van der Waals surface area contributed by atoms with Gasteiger partial charge in [0.15, 0.2) is 17.4 Å². The van der Waals surface area contributed by atoms with Crippen molar-refractivity contribution in [2.45, 2.75) is 24.3 Å². The molecule has 4 rings (SSSR count). The second-order valence-corrected chi connectivity index (χ2v) is 10.5. The van der Waals surface area contributed by atoms with Gasteiger partial charge in [0.1, 0.15) is 36.5 Å². The Morgan fingerprint density at radius 3 is 2.63 bits per heavy atom. The predicted octanol–water partition coefficient (Wildman–Crippen LogP) is -0.490. The predicted molar refractivity (Wildman–Crippen MR) is 126 cm³/mol. The number of rotatable bonds is 9. The molecule has 0 saturated carbocycles. The summed E-state index contributed by atoms with van der Waals surface area (Å²) in [7, 11) is 1.27. The quantitative estimate of drug-likeness (QED) is 0.142. The second kappa shape index (κ2) is 9.83. The van der Waals surface area contributed by atoms with Crippen LogP contribution in [0.15, 0.2) is 21.8 Å². The number of nitrogen functional groups attached to an aromatic ring is 1. The Kier molecular flexibility index (Phi) is 7.00. The number of aliphatic carboxylic acids is 2. The molecule has 1 aromatic heterocycles. The highest BCUT2D eigenvalue weighted by Crippen LogP contribution is 2.41. The topological polar surface area (TPSA) is 185 Å². The van der Waals surface area contributed by atoms with Crippen molar-refractivity contribution < 1.29 is 38.7 Å². The first-order valence-corrected chi connectivity index (χ1v) is 12.7. The van der Waals surface area contributed by atoms with Gasteiger partial charge in [-0.05, 0) is 0 Å². The van der Waals surface area contributed by atoms with Crippen LogP contribution in [0.2, 0.25) is 0 Å². The minimum atomic E-state index is -1.25. The number of nitrogens with two attached hydrogens (primary N) is 1. The number of thioether (sulfide) groups is 1. The average molecular weight is 526 g/mol. The molecule has 0 aliphatic carbocycles. The van der Waals surface area contributed by atoms with E-state index in [2.05, 4.69) is 15.5 Å². The number of thiazole rings is 1. The lowest BCUT2D eigenvalue weighted by molar-refractivity contribution is -0.905. The Balaban J connectivity index is 1.54. The van der Waals surface area contributed by atoms with Crippen LogP contribution in [0.25, 0.3) is 0 Å². The number of β-lactam (4-membered cyclic amide) rings is 1. The summed E-state index contributed by atoms with van der Waals surface area (Å²) < 4.78 is 0.266. The van der Waals surface area contributed by atoms with Gasteiger partial charge in [-0.2, -0.15) is 0 Å². The van der Waals surface area contributed by atoms with Gasteiger partial charge in [-0.15, -0.1) is 23.1 Å². The van der Waals surface area contributed by atoms with E-state index in [0.29, 0.717) is 24.4 Å². The van der Waals surface area contributed by atoms with Crippen molar-refractivity contribution in [3.8, 4) is 0 Å². The summed E-state index contributed by atoms with van der Waals surface area (Å²) in [5.74, 6) is -3.15. The van der Waals surface area contributed by atoms with Gasteiger partial charge in [-0.25, -0.2) is 14.6 Å². The van der Waals surface area contributed by atoms with Crippen LogP contribution in [0.1, 0.15) is 18.5 Å². The van der Waals surface area contributed by atoms with E-state index in [1.165, 1.54) is 29.2 Å². The second-order valence-electron chi connectivity index (χ2n) is 8.52. The van der Waals surface area contributed by atoms with Gasteiger partial charge in [0, 0.05) is 29.5 Å². The van der Waals surface area contributed by atoms with Crippen LogP contribution >= 0.6 is 23.1 Å². The number of likely N-dealkylation sites (tertiary alicyclic amines) is 1. The molecule has 35 heavy (non-hydrogen) atoms. The molecule has 0 aromatic carbocycles. The van der Waals surface area contributed by atoms with E-state index in [4.69, 9.17) is 10.6 Å². The largest absolute Gasteiger partial charge is 0.477 e. The number of quaternary nitrogens is 1. The van der Waals surface area contributed by atoms with Crippen LogP contribution < -0.4 is 11.1 Å². The van der Waals surface area contributed by atoms with Crippen molar-refractivity contribution in [1.29, 1.82) is 0 Å². The van der Waals surface area contributed by atoms with Crippen LogP contribution in [0.5, 0.6) is 0 Å². The van der Waals surface area contributed by atoms with Crippen LogP contribution in [-0.2, 0) is 24.0 Å². The number of hydrogen-bond donors (Lipinski definition) is 4. The SMILES string of the molecule is CO/N=C(\C(=O)NC1C(=O)N2C(C(=O)O)=C(C[N+]3(CC(=O)O)CCCC3)CS[C@@H]12)c1csc(N)n1. The molecule has 0 spiro atoms. The fourth-order valence-electron chi connectivity index (χ4n) is 4.78. The molecular weight excluding hydrogens is 500 g/mol. The summed E-state index contributed by atoms with van der Waals surface area (Å²) in [5, 5.41) is 26.8. The molecule has 5 N–H and O–H groups in total. The molecule has 0 bridgehead atoms. The Morgan fingerprint density at radius 1 is 1.34 bits per heavy atom. The standard InChI is InChI=1S/C20H24N6O7S2/c1-33-24-13(11-9-35-20(21)22-11)16(29)23-14-17(30)25-15(19(31)32)10(8-34-18(14)25)6-26(7-12(27)28)4-2-3-5-26/h9,14,18H,2-8H2,1H3,(H4-,21,22,23,27,28,29,31,32)/p+1/b24-13-/t14?,18-/m0/s1. The van der Waals surface area contributed by atoms with E-state index >= 15 is 0 Å². The number of fused-ring (bicyclic) bond motifs is 1. The molecule has 2 saturated heterocycles. The molecule has 3 aliphatic heterocycles. The van der Waals surface area contributed by atoms with Crippen LogP contribution in [0.3, 0.4) is 0 Å². The van der Waals surface area contributed by atoms with Gasteiger partial charge in [0.05, 0.1) is 13.1 Å². The monoisotopic (exact) mass is 525 g/mol. The van der Waals surface area contributed by atoms with Gasteiger partial charge in [0.25, 0.3) is 11.8 Å². The number of carbonyl (C=O) groups excluding carboxylic acids is 2. The maximum atomic E-state index is 13.0. The average Bonchev–Trinajstić information content (AvgIpc) is 3.43.